The summed E-state index contributed by atoms with van der Waals surface area (Å²) in [6.45, 7) is 6.31. The number of fused-ring (bicyclic) bond motifs is 1. The summed E-state index contributed by atoms with van der Waals surface area (Å²) in [5.74, 6) is 2.36. The summed E-state index contributed by atoms with van der Waals surface area (Å²) in [4.78, 5) is 27.0. The first-order chi connectivity index (χ1) is 16.2. The molecule has 0 bridgehead atoms. The molecule has 2 N–H and O–H groups in total. The minimum absolute atomic E-state index is 0.177. The third kappa shape index (κ3) is 4.17. The Morgan fingerprint density at radius 2 is 1.97 bits per heavy atom. The van der Waals surface area contributed by atoms with E-state index in [1.807, 2.05) is 43.0 Å². The van der Waals surface area contributed by atoms with Gasteiger partial charge in [0.05, 0.1) is 11.4 Å². The minimum Gasteiger partial charge on any atom is -0.341 e. The van der Waals surface area contributed by atoms with Gasteiger partial charge in [-0.3, -0.25) is 9.89 Å². The van der Waals surface area contributed by atoms with E-state index in [2.05, 4.69) is 32.5 Å². The number of nitrogens with zero attached hydrogens (tertiary/aromatic N) is 5. The summed E-state index contributed by atoms with van der Waals surface area (Å²) in [6, 6.07) is 11.9. The molecular weight excluding hydrogens is 414 g/mol. The molecule has 3 heterocycles. The van der Waals surface area contributed by atoms with Crippen molar-refractivity contribution in [3.05, 3.63) is 47.7 Å². The lowest BCUT2D eigenvalue weighted by atomic mass is 10.1. The van der Waals surface area contributed by atoms with Gasteiger partial charge in [-0.25, -0.2) is 4.98 Å². The van der Waals surface area contributed by atoms with Crippen LogP contribution in [0.5, 0.6) is 0 Å². The largest absolute Gasteiger partial charge is 0.341 e. The molecule has 1 aliphatic heterocycles. The van der Waals surface area contributed by atoms with Crippen molar-refractivity contribution in [2.24, 2.45) is 0 Å². The van der Waals surface area contributed by atoms with Gasteiger partial charge < -0.3 is 15.1 Å². The van der Waals surface area contributed by atoms with E-state index >= 15 is 0 Å². The summed E-state index contributed by atoms with van der Waals surface area (Å²) in [7, 11) is 0. The molecule has 1 aromatic carbocycles. The molecule has 2 aromatic heterocycles. The van der Waals surface area contributed by atoms with Crippen molar-refractivity contribution in [3.8, 4) is 11.3 Å². The van der Waals surface area contributed by atoms with Crippen LogP contribution in [0.2, 0.25) is 0 Å². The summed E-state index contributed by atoms with van der Waals surface area (Å²) in [5.41, 5.74) is 4.28. The number of aryl methyl sites for hydroxylation is 1. The number of aromatic nitrogens is 4. The molecule has 2 aliphatic rings. The van der Waals surface area contributed by atoms with E-state index in [0.29, 0.717) is 5.95 Å². The molecule has 0 saturated carbocycles. The monoisotopic (exact) mass is 445 g/mol. The van der Waals surface area contributed by atoms with Gasteiger partial charge in [-0.15, -0.1) is 0 Å². The zero-order valence-electron chi connectivity index (χ0n) is 19.3. The highest BCUT2D eigenvalue weighted by atomic mass is 16.2. The van der Waals surface area contributed by atoms with Crippen LogP contribution in [0.1, 0.15) is 44.4 Å². The zero-order chi connectivity index (χ0) is 22.8. The number of likely N-dealkylation sites (N-methyl/N-ethyl adjacent to an activating group) is 1. The van der Waals surface area contributed by atoms with Gasteiger partial charge in [-0.1, -0.05) is 30.3 Å². The lowest BCUT2D eigenvalue weighted by Gasteiger charge is -2.29. The zero-order valence-corrected chi connectivity index (χ0v) is 19.3. The second-order valence-electron chi connectivity index (χ2n) is 8.67. The molecule has 1 amide bonds. The first-order valence-corrected chi connectivity index (χ1v) is 12.0. The Morgan fingerprint density at radius 3 is 2.76 bits per heavy atom. The normalized spacial score (nSPS) is 17.3. The molecule has 1 unspecified atom stereocenters. The number of aromatic amines is 1. The van der Waals surface area contributed by atoms with Gasteiger partial charge in [-0.2, -0.15) is 10.1 Å². The van der Waals surface area contributed by atoms with Crippen LogP contribution in [0.4, 0.5) is 17.6 Å². The van der Waals surface area contributed by atoms with Crippen LogP contribution < -0.4 is 10.2 Å². The maximum Gasteiger partial charge on any atom is 0.245 e. The molecule has 1 atom stereocenters. The minimum atomic E-state index is -0.188. The summed E-state index contributed by atoms with van der Waals surface area (Å²) >= 11 is 0. The van der Waals surface area contributed by atoms with E-state index in [9.17, 15) is 4.79 Å². The Morgan fingerprint density at radius 1 is 1.15 bits per heavy atom. The molecule has 3 aromatic rings. The highest BCUT2D eigenvalue weighted by Crippen LogP contribution is 2.33. The van der Waals surface area contributed by atoms with Gasteiger partial charge in [0.15, 0.2) is 5.82 Å². The van der Waals surface area contributed by atoms with Gasteiger partial charge in [0.1, 0.15) is 11.9 Å². The SMILES string of the molecule is CCN(CC)C(=O)C1CCCN1c1nc2c(c(Nc3cc(-c4ccccc4)[nH]n3)n1)CCC2. The van der Waals surface area contributed by atoms with Crippen LogP contribution >= 0.6 is 0 Å². The lowest BCUT2D eigenvalue weighted by Crippen LogP contribution is -2.46. The van der Waals surface area contributed by atoms with Gasteiger partial charge in [0, 0.05) is 31.3 Å². The van der Waals surface area contributed by atoms with Gasteiger partial charge in [0.2, 0.25) is 11.9 Å². The molecule has 33 heavy (non-hydrogen) atoms. The quantitative estimate of drug-likeness (QED) is 0.573. The fraction of sp³-hybridized carbons (Fsp3) is 0.440. The fourth-order valence-corrected chi connectivity index (χ4v) is 4.93. The topological polar surface area (TPSA) is 90.0 Å². The maximum absolute atomic E-state index is 13.1. The van der Waals surface area contributed by atoms with E-state index in [1.165, 1.54) is 0 Å². The Bertz CT molecular complexity index is 1120. The highest BCUT2D eigenvalue weighted by molar-refractivity contribution is 5.85. The summed E-state index contributed by atoms with van der Waals surface area (Å²) in [6.07, 6.45) is 4.78. The first-order valence-electron chi connectivity index (χ1n) is 12.0. The van der Waals surface area contributed by atoms with Gasteiger partial charge in [-0.05, 0) is 51.5 Å². The van der Waals surface area contributed by atoms with E-state index in [0.717, 1.165) is 85.9 Å². The average Bonchev–Trinajstić information content (AvgIpc) is 3.60. The number of carbonyl (C=O) groups is 1. The van der Waals surface area contributed by atoms with Crippen molar-refractivity contribution >= 4 is 23.5 Å². The number of anilines is 3. The van der Waals surface area contributed by atoms with Crippen molar-refractivity contribution in [1.82, 2.24) is 25.1 Å². The molecule has 8 heteroatoms. The van der Waals surface area contributed by atoms with Crippen LogP contribution in [0.25, 0.3) is 11.3 Å². The molecule has 0 spiro atoms. The van der Waals surface area contributed by atoms with E-state index in [4.69, 9.17) is 9.97 Å². The molecular formula is C25H31N7O. The van der Waals surface area contributed by atoms with Crippen molar-refractivity contribution in [2.75, 3.05) is 29.9 Å². The Hall–Kier alpha value is -3.42. The van der Waals surface area contributed by atoms with Crippen LogP contribution in [0, 0.1) is 0 Å². The number of benzene rings is 1. The number of amides is 1. The fourth-order valence-electron chi connectivity index (χ4n) is 4.93. The van der Waals surface area contributed by atoms with Crippen LogP contribution in [0.15, 0.2) is 36.4 Å². The average molecular weight is 446 g/mol. The van der Waals surface area contributed by atoms with Gasteiger partial charge in [0.25, 0.3) is 0 Å². The predicted octanol–water partition coefficient (Wildman–Crippen LogP) is 3.94. The Balaban J connectivity index is 1.43. The van der Waals surface area contributed by atoms with Crippen molar-refractivity contribution in [3.63, 3.8) is 0 Å². The standard InChI is InChI=1S/C25H31N7O/c1-3-31(4-2)24(33)21-14-9-15-32(21)25-26-19-13-8-12-18(19)23(28-25)27-22-16-20(29-30-22)17-10-6-5-7-11-17/h5-7,10-11,16,21H,3-4,8-9,12-15H2,1-2H3,(H2,26,27,28,29,30). The third-order valence-corrected chi connectivity index (χ3v) is 6.70. The highest BCUT2D eigenvalue weighted by Gasteiger charge is 2.35. The first kappa shape index (κ1) is 21.4. The third-order valence-electron chi connectivity index (χ3n) is 6.70. The van der Waals surface area contributed by atoms with Crippen molar-refractivity contribution in [1.29, 1.82) is 0 Å². The Kier molecular flexibility index (Phi) is 5.98. The van der Waals surface area contributed by atoms with E-state index in [-0.39, 0.29) is 11.9 Å². The number of nitrogens with one attached hydrogen (secondary N) is 2. The summed E-state index contributed by atoms with van der Waals surface area (Å²) in [5, 5.41) is 11.0. The van der Waals surface area contributed by atoms with Crippen molar-refractivity contribution < 1.29 is 4.79 Å². The second-order valence-corrected chi connectivity index (χ2v) is 8.67. The smallest absolute Gasteiger partial charge is 0.245 e. The predicted molar refractivity (Wildman–Crippen MR) is 130 cm³/mol. The number of hydrogen-bond acceptors (Lipinski definition) is 6. The van der Waals surface area contributed by atoms with E-state index < -0.39 is 0 Å². The summed E-state index contributed by atoms with van der Waals surface area (Å²) < 4.78 is 0. The number of carbonyl (C=O) groups excluding carboxylic acids is 1. The Labute approximate surface area is 194 Å². The number of rotatable bonds is 7. The number of H-pyrrole nitrogens is 1. The molecule has 172 valence electrons. The second kappa shape index (κ2) is 9.21. The van der Waals surface area contributed by atoms with Crippen LogP contribution in [-0.2, 0) is 17.6 Å². The maximum atomic E-state index is 13.1. The van der Waals surface area contributed by atoms with Crippen LogP contribution in [-0.4, -0.2) is 56.6 Å². The van der Waals surface area contributed by atoms with E-state index in [1.54, 1.807) is 0 Å². The number of hydrogen-bond donors (Lipinski definition) is 2. The lowest BCUT2D eigenvalue weighted by molar-refractivity contribution is -0.132. The molecule has 8 nitrogen and oxygen atoms in total. The van der Waals surface area contributed by atoms with Gasteiger partial charge >= 0.3 is 0 Å². The molecule has 0 radical (unpaired) electrons. The molecule has 5 rings (SSSR count). The van der Waals surface area contributed by atoms with Crippen molar-refractivity contribution in [2.45, 2.75) is 52.0 Å². The molecule has 1 aliphatic carbocycles. The molecule has 1 saturated heterocycles. The van der Waals surface area contributed by atoms with Crippen LogP contribution in [0.3, 0.4) is 0 Å². The molecule has 1 fully saturated rings.